The molecule has 0 aliphatic carbocycles. The van der Waals surface area contributed by atoms with Crippen LogP contribution in [0.4, 0.5) is 4.79 Å². The lowest BCUT2D eigenvalue weighted by molar-refractivity contribution is -0.108. The summed E-state index contributed by atoms with van der Waals surface area (Å²) < 4.78 is 5.15. The minimum absolute atomic E-state index is 0.131. The molecule has 2 aromatic rings. The minimum Gasteiger partial charge on any atom is -0.445 e. The van der Waals surface area contributed by atoms with Gasteiger partial charge in [-0.2, -0.15) is 5.26 Å². The van der Waals surface area contributed by atoms with E-state index < -0.39 is 12.1 Å². The van der Waals surface area contributed by atoms with E-state index in [1.165, 1.54) is 0 Å². The van der Waals surface area contributed by atoms with Gasteiger partial charge in [0.1, 0.15) is 12.9 Å². The molecule has 0 aliphatic heterocycles. The van der Waals surface area contributed by atoms with E-state index in [1.54, 1.807) is 24.3 Å². The number of benzene rings is 2. The topological polar surface area (TPSA) is 79.2 Å². The van der Waals surface area contributed by atoms with Crippen LogP contribution in [0, 0.1) is 11.3 Å². The van der Waals surface area contributed by atoms with Crippen molar-refractivity contribution in [2.75, 3.05) is 0 Å². The number of nitrogens with zero attached hydrogens (tertiary/aromatic N) is 1. The number of carbonyl (C=O) groups excluding carboxylic acids is 2. The molecule has 0 heterocycles. The molecule has 0 aromatic heterocycles. The number of nitriles is 1. The summed E-state index contributed by atoms with van der Waals surface area (Å²) in [6, 6.07) is 17.6. The molecule has 0 fully saturated rings. The van der Waals surface area contributed by atoms with E-state index >= 15 is 0 Å². The van der Waals surface area contributed by atoms with Gasteiger partial charge in [-0.25, -0.2) is 4.79 Å². The zero-order chi connectivity index (χ0) is 16.5. The van der Waals surface area contributed by atoms with Gasteiger partial charge in [-0.3, -0.25) is 0 Å². The van der Waals surface area contributed by atoms with E-state index in [0.717, 1.165) is 17.4 Å². The first kappa shape index (κ1) is 16.2. The maximum atomic E-state index is 11.9. The van der Waals surface area contributed by atoms with Crippen LogP contribution in [-0.4, -0.2) is 12.4 Å². The smallest absolute Gasteiger partial charge is 0.407 e. The summed E-state index contributed by atoms with van der Waals surface area (Å²) in [5.74, 6) is 0. The minimum atomic E-state index is -0.593. The first-order valence-electron chi connectivity index (χ1n) is 7.14. The van der Waals surface area contributed by atoms with E-state index in [1.807, 2.05) is 36.4 Å². The number of hydrogen-bond donors (Lipinski definition) is 1. The molecular weight excluding hydrogens is 292 g/mol. The summed E-state index contributed by atoms with van der Waals surface area (Å²) in [5.41, 5.74) is 2.14. The fraction of sp³-hybridized carbons (Fsp3) is 0.167. The van der Waals surface area contributed by atoms with Gasteiger partial charge in [-0.05, 0) is 23.3 Å². The lowest BCUT2D eigenvalue weighted by atomic mass is 10.0. The maximum Gasteiger partial charge on any atom is 0.407 e. The van der Waals surface area contributed by atoms with Crippen LogP contribution in [0.3, 0.4) is 0 Å². The molecule has 0 bridgehead atoms. The SMILES string of the molecule is N#Cc1ccc([C@H](CC=O)NC(=O)OCc2ccccc2)cc1. The van der Waals surface area contributed by atoms with Crippen molar-refractivity contribution in [3.05, 3.63) is 71.3 Å². The molecule has 0 spiro atoms. The van der Waals surface area contributed by atoms with Crippen molar-refractivity contribution in [2.45, 2.75) is 19.1 Å². The van der Waals surface area contributed by atoms with Gasteiger partial charge in [0.25, 0.3) is 0 Å². The van der Waals surface area contributed by atoms with E-state index in [2.05, 4.69) is 5.32 Å². The normalized spacial score (nSPS) is 11.1. The number of aldehydes is 1. The van der Waals surface area contributed by atoms with Crippen LogP contribution in [0.25, 0.3) is 0 Å². The Kier molecular flexibility index (Phi) is 5.89. The molecule has 5 heteroatoms. The lowest BCUT2D eigenvalue weighted by Gasteiger charge is -2.17. The summed E-state index contributed by atoms with van der Waals surface area (Å²) in [7, 11) is 0. The third-order valence-corrected chi connectivity index (χ3v) is 3.28. The fourth-order valence-corrected chi connectivity index (χ4v) is 2.07. The Hall–Kier alpha value is -3.13. The molecule has 1 atom stereocenters. The molecule has 1 N–H and O–H groups in total. The summed E-state index contributed by atoms with van der Waals surface area (Å²) in [4.78, 5) is 22.7. The first-order chi connectivity index (χ1) is 11.2. The van der Waals surface area contributed by atoms with Crippen LogP contribution in [0.2, 0.25) is 0 Å². The van der Waals surface area contributed by atoms with Crippen molar-refractivity contribution in [3.63, 3.8) is 0 Å². The molecule has 116 valence electrons. The number of hydrogen-bond acceptors (Lipinski definition) is 4. The molecule has 0 saturated heterocycles. The molecule has 0 radical (unpaired) electrons. The number of rotatable bonds is 6. The highest BCUT2D eigenvalue weighted by Gasteiger charge is 2.15. The monoisotopic (exact) mass is 308 g/mol. The lowest BCUT2D eigenvalue weighted by Crippen LogP contribution is -2.29. The van der Waals surface area contributed by atoms with Gasteiger partial charge < -0.3 is 14.8 Å². The highest BCUT2D eigenvalue weighted by Crippen LogP contribution is 2.17. The molecule has 23 heavy (non-hydrogen) atoms. The Bertz CT molecular complexity index is 690. The molecule has 2 rings (SSSR count). The fourth-order valence-electron chi connectivity index (χ4n) is 2.07. The summed E-state index contributed by atoms with van der Waals surface area (Å²) in [5, 5.41) is 11.5. The van der Waals surface area contributed by atoms with Crippen LogP contribution < -0.4 is 5.32 Å². The van der Waals surface area contributed by atoms with Crippen LogP contribution >= 0.6 is 0 Å². The Labute approximate surface area is 134 Å². The molecule has 0 unspecified atom stereocenters. The number of nitrogens with one attached hydrogen (secondary N) is 1. The maximum absolute atomic E-state index is 11.9. The van der Waals surface area contributed by atoms with Gasteiger partial charge >= 0.3 is 6.09 Å². The zero-order valence-corrected chi connectivity index (χ0v) is 12.4. The molecular formula is C18H16N2O3. The molecule has 1 amide bonds. The van der Waals surface area contributed by atoms with Gasteiger partial charge in [0.15, 0.2) is 0 Å². The second-order valence-electron chi connectivity index (χ2n) is 4.89. The van der Waals surface area contributed by atoms with Gasteiger partial charge in [-0.15, -0.1) is 0 Å². The Morgan fingerprint density at radius 1 is 1.17 bits per heavy atom. The van der Waals surface area contributed by atoms with Gasteiger partial charge in [-0.1, -0.05) is 42.5 Å². The Morgan fingerprint density at radius 2 is 1.87 bits per heavy atom. The standard InChI is InChI=1S/C18H16N2O3/c19-12-14-6-8-16(9-7-14)17(10-11-21)20-18(22)23-13-15-4-2-1-3-5-15/h1-9,11,17H,10,13H2,(H,20,22)/t17-/m0/s1. The van der Waals surface area contributed by atoms with Crippen molar-refractivity contribution in [2.24, 2.45) is 0 Å². The zero-order valence-electron chi connectivity index (χ0n) is 12.4. The van der Waals surface area contributed by atoms with E-state index in [9.17, 15) is 9.59 Å². The van der Waals surface area contributed by atoms with E-state index in [-0.39, 0.29) is 13.0 Å². The molecule has 0 saturated carbocycles. The Morgan fingerprint density at radius 3 is 2.48 bits per heavy atom. The van der Waals surface area contributed by atoms with Crippen LogP contribution in [-0.2, 0) is 16.1 Å². The number of ether oxygens (including phenoxy) is 1. The number of carbonyl (C=O) groups is 2. The van der Waals surface area contributed by atoms with Gasteiger partial charge in [0.05, 0.1) is 17.7 Å². The van der Waals surface area contributed by atoms with Crippen molar-refractivity contribution >= 4 is 12.4 Å². The molecule has 0 aliphatic rings. The highest BCUT2D eigenvalue weighted by molar-refractivity contribution is 5.68. The van der Waals surface area contributed by atoms with Gasteiger partial charge in [0, 0.05) is 6.42 Å². The van der Waals surface area contributed by atoms with Crippen molar-refractivity contribution < 1.29 is 14.3 Å². The second kappa shape index (κ2) is 8.35. The summed E-state index contributed by atoms with van der Waals surface area (Å²) >= 11 is 0. The van der Waals surface area contributed by atoms with Gasteiger partial charge in [0.2, 0.25) is 0 Å². The summed E-state index contributed by atoms with van der Waals surface area (Å²) in [6.07, 6.45) is 0.275. The van der Waals surface area contributed by atoms with Crippen molar-refractivity contribution in [3.8, 4) is 6.07 Å². The largest absolute Gasteiger partial charge is 0.445 e. The second-order valence-corrected chi connectivity index (χ2v) is 4.89. The molecule has 5 nitrogen and oxygen atoms in total. The molecule has 2 aromatic carbocycles. The van der Waals surface area contributed by atoms with Crippen LogP contribution in [0.5, 0.6) is 0 Å². The van der Waals surface area contributed by atoms with E-state index in [0.29, 0.717) is 5.56 Å². The quantitative estimate of drug-likeness (QED) is 0.832. The average Bonchev–Trinajstić information content (AvgIpc) is 2.60. The first-order valence-corrected chi connectivity index (χ1v) is 7.14. The predicted octanol–water partition coefficient (Wildman–Crippen LogP) is 3.11. The average molecular weight is 308 g/mol. The Balaban J connectivity index is 1.96. The van der Waals surface area contributed by atoms with E-state index in [4.69, 9.17) is 10.00 Å². The van der Waals surface area contributed by atoms with Crippen molar-refractivity contribution in [1.82, 2.24) is 5.32 Å². The highest BCUT2D eigenvalue weighted by atomic mass is 16.5. The number of amides is 1. The predicted molar refractivity (Wildman–Crippen MR) is 84.3 cm³/mol. The van der Waals surface area contributed by atoms with Crippen molar-refractivity contribution in [1.29, 1.82) is 5.26 Å². The third-order valence-electron chi connectivity index (χ3n) is 3.28. The summed E-state index contributed by atoms with van der Waals surface area (Å²) in [6.45, 7) is 0.161. The third kappa shape index (κ3) is 4.97. The van der Waals surface area contributed by atoms with Crippen LogP contribution in [0.15, 0.2) is 54.6 Å². The number of alkyl carbamates (subject to hydrolysis) is 1. The van der Waals surface area contributed by atoms with Crippen LogP contribution in [0.1, 0.15) is 29.2 Å².